The Morgan fingerprint density at radius 1 is 1.04 bits per heavy atom. The first-order valence-corrected chi connectivity index (χ1v) is 7.55. The van der Waals surface area contributed by atoms with E-state index in [4.69, 9.17) is 0 Å². The topological polar surface area (TPSA) is 60.9 Å². The van der Waals surface area contributed by atoms with E-state index in [1.54, 1.807) is 60.8 Å². The zero-order chi connectivity index (χ0) is 18.3. The van der Waals surface area contributed by atoms with E-state index in [0.29, 0.717) is 16.6 Å². The third-order valence-corrected chi connectivity index (χ3v) is 3.86. The molecule has 0 aliphatic rings. The lowest BCUT2D eigenvalue weighted by Crippen LogP contribution is -2.10. The predicted molar refractivity (Wildman–Crippen MR) is 86.4 cm³/mol. The van der Waals surface area contributed by atoms with Crippen molar-refractivity contribution < 1.29 is 22.5 Å². The van der Waals surface area contributed by atoms with Crippen molar-refractivity contribution in [3.8, 4) is 11.4 Å². The van der Waals surface area contributed by atoms with Crippen LogP contribution in [0.5, 0.6) is 0 Å². The minimum atomic E-state index is -4.71. The number of hydrogen-bond acceptors (Lipinski definition) is 4. The van der Waals surface area contributed by atoms with E-state index >= 15 is 0 Å². The second-order valence-electron chi connectivity index (χ2n) is 5.55. The molecule has 0 aliphatic heterocycles. The molecule has 2 aromatic carbocycles. The van der Waals surface area contributed by atoms with Gasteiger partial charge in [-0.3, -0.25) is 9.36 Å². The van der Waals surface area contributed by atoms with Crippen molar-refractivity contribution in [3.63, 3.8) is 0 Å². The molecule has 0 fully saturated rings. The Hall–Kier alpha value is -3.42. The normalized spacial score (nSPS) is 11.8. The molecule has 0 N–H and O–H groups in total. The summed E-state index contributed by atoms with van der Waals surface area (Å²) >= 11 is 0. The third-order valence-electron chi connectivity index (χ3n) is 3.86. The standard InChI is InChI=1S/C18H10F3N3O2/c19-18(20,21)17-22-15(23-26-17)13-7-6-11-8-9-24(14(11)10-13)16(25)12-4-2-1-3-5-12/h1-10H. The zero-order valence-electron chi connectivity index (χ0n) is 13.1. The van der Waals surface area contributed by atoms with Crippen LogP contribution >= 0.6 is 0 Å². The fourth-order valence-corrected chi connectivity index (χ4v) is 2.62. The Morgan fingerprint density at radius 2 is 1.81 bits per heavy atom. The van der Waals surface area contributed by atoms with Crippen molar-refractivity contribution in [2.24, 2.45) is 0 Å². The summed E-state index contributed by atoms with van der Waals surface area (Å²) in [5.74, 6) is -1.86. The van der Waals surface area contributed by atoms with Crippen LogP contribution in [0.25, 0.3) is 22.3 Å². The van der Waals surface area contributed by atoms with E-state index in [0.717, 1.165) is 5.39 Å². The maximum Gasteiger partial charge on any atom is 0.471 e. The SMILES string of the molecule is O=C(c1ccccc1)n1ccc2ccc(-c3noc(C(F)(F)F)n3)cc21. The highest BCUT2D eigenvalue weighted by Crippen LogP contribution is 2.30. The van der Waals surface area contributed by atoms with Crippen molar-refractivity contribution >= 4 is 16.8 Å². The minimum absolute atomic E-state index is 0.195. The van der Waals surface area contributed by atoms with Crippen LogP contribution in [0, 0.1) is 0 Å². The summed E-state index contributed by atoms with van der Waals surface area (Å²) in [7, 11) is 0. The van der Waals surface area contributed by atoms with Gasteiger partial charge < -0.3 is 4.52 Å². The number of carbonyl (C=O) groups is 1. The van der Waals surface area contributed by atoms with Crippen LogP contribution in [0.3, 0.4) is 0 Å². The number of nitrogens with zero attached hydrogens (tertiary/aromatic N) is 3. The summed E-state index contributed by atoms with van der Waals surface area (Å²) in [6, 6.07) is 15.2. The second kappa shape index (κ2) is 5.83. The molecule has 2 heterocycles. The van der Waals surface area contributed by atoms with Crippen LogP contribution in [0.15, 0.2) is 65.3 Å². The summed E-state index contributed by atoms with van der Waals surface area (Å²) in [4.78, 5) is 16.0. The van der Waals surface area contributed by atoms with E-state index in [9.17, 15) is 18.0 Å². The quantitative estimate of drug-likeness (QED) is 0.534. The molecule has 0 atom stereocenters. The average Bonchev–Trinajstić information content (AvgIpc) is 3.28. The number of benzene rings is 2. The summed E-state index contributed by atoms with van der Waals surface area (Å²) in [5, 5.41) is 4.14. The zero-order valence-corrected chi connectivity index (χ0v) is 13.1. The molecule has 0 saturated carbocycles. The van der Waals surface area contributed by atoms with Gasteiger partial charge >= 0.3 is 12.1 Å². The first kappa shape index (κ1) is 16.1. The molecule has 0 unspecified atom stereocenters. The first-order chi connectivity index (χ1) is 12.4. The van der Waals surface area contributed by atoms with Gasteiger partial charge in [0.1, 0.15) is 0 Å². The van der Waals surface area contributed by atoms with E-state index in [2.05, 4.69) is 14.7 Å². The van der Waals surface area contributed by atoms with Gasteiger partial charge in [-0.05, 0) is 24.3 Å². The van der Waals surface area contributed by atoms with Gasteiger partial charge in [0, 0.05) is 22.7 Å². The van der Waals surface area contributed by atoms with Crippen molar-refractivity contribution in [2.45, 2.75) is 6.18 Å². The van der Waals surface area contributed by atoms with E-state index in [1.807, 2.05) is 0 Å². The Bertz CT molecular complexity index is 1100. The van der Waals surface area contributed by atoms with Crippen LogP contribution < -0.4 is 0 Å². The van der Waals surface area contributed by atoms with E-state index < -0.39 is 12.1 Å². The predicted octanol–water partition coefficient (Wildman–Crippen LogP) is 4.40. The fraction of sp³-hybridized carbons (Fsp3) is 0.0556. The van der Waals surface area contributed by atoms with E-state index in [-0.39, 0.29) is 11.7 Å². The number of fused-ring (bicyclic) bond motifs is 1. The van der Waals surface area contributed by atoms with Gasteiger partial charge in [-0.1, -0.05) is 35.5 Å². The summed E-state index contributed by atoms with van der Waals surface area (Å²) < 4.78 is 43.6. The Kier molecular flexibility index (Phi) is 3.61. The summed E-state index contributed by atoms with van der Waals surface area (Å²) in [6.07, 6.45) is -3.10. The van der Waals surface area contributed by atoms with Gasteiger partial charge in [0.05, 0.1) is 5.52 Å². The lowest BCUT2D eigenvalue weighted by Gasteiger charge is -2.05. The number of carbonyl (C=O) groups excluding carboxylic acids is 1. The lowest BCUT2D eigenvalue weighted by molar-refractivity contribution is -0.159. The molecule has 2 aromatic heterocycles. The van der Waals surface area contributed by atoms with Crippen molar-refractivity contribution in [1.29, 1.82) is 0 Å². The Balaban J connectivity index is 1.78. The summed E-state index contributed by atoms with van der Waals surface area (Å²) in [5.41, 5.74) is 1.35. The van der Waals surface area contributed by atoms with Gasteiger partial charge in [-0.15, -0.1) is 0 Å². The molecule has 130 valence electrons. The average molecular weight is 357 g/mol. The van der Waals surface area contributed by atoms with Crippen molar-refractivity contribution in [3.05, 3.63) is 72.2 Å². The van der Waals surface area contributed by atoms with Gasteiger partial charge in [0.25, 0.3) is 5.91 Å². The number of aromatic nitrogens is 3. The highest BCUT2D eigenvalue weighted by Gasteiger charge is 2.38. The molecular weight excluding hydrogens is 347 g/mol. The second-order valence-corrected chi connectivity index (χ2v) is 5.55. The number of hydrogen-bond donors (Lipinski definition) is 0. The van der Waals surface area contributed by atoms with Crippen LogP contribution in [-0.4, -0.2) is 20.6 Å². The monoisotopic (exact) mass is 357 g/mol. The first-order valence-electron chi connectivity index (χ1n) is 7.55. The molecule has 0 radical (unpaired) electrons. The molecule has 4 aromatic rings. The molecule has 5 nitrogen and oxygen atoms in total. The number of rotatable bonds is 2. The van der Waals surface area contributed by atoms with Crippen LogP contribution in [-0.2, 0) is 6.18 Å². The van der Waals surface area contributed by atoms with Gasteiger partial charge in [0.15, 0.2) is 0 Å². The Labute approximate surface area is 144 Å². The van der Waals surface area contributed by atoms with Gasteiger partial charge in [0.2, 0.25) is 5.82 Å². The lowest BCUT2D eigenvalue weighted by atomic mass is 10.1. The molecule has 26 heavy (non-hydrogen) atoms. The highest BCUT2D eigenvalue weighted by atomic mass is 19.4. The molecule has 0 aliphatic carbocycles. The summed E-state index contributed by atoms with van der Waals surface area (Å²) in [6.45, 7) is 0. The minimum Gasteiger partial charge on any atom is -0.329 e. The third kappa shape index (κ3) is 2.75. The van der Waals surface area contributed by atoms with Crippen molar-refractivity contribution in [2.75, 3.05) is 0 Å². The molecule has 0 amide bonds. The number of halogens is 3. The van der Waals surface area contributed by atoms with E-state index in [1.165, 1.54) is 4.57 Å². The molecular formula is C18H10F3N3O2. The van der Waals surface area contributed by atoms with Crippen LogP contribution in [0.1, 0.15) is 16.2 Å². The molecule has 8 heteroatoms. The van der Waals surface area contributed by atoms with Crippen LogP contribution in [0.2, 0.25) is 0 Å². The Morgan fingerprint density at radius 3 is 2.50 bits per heavy atom. The largest absolute Gasteiger partial charge is 0.471 e. The highest BCUT2D eigenvalue weighted by molar-refractivity contribution is 6.02. The molecule has 4 rings (SSSR count). The van der Waals surface area contributed by atoms with Gasteiger partial charge in [-0.2, -0.15) is 18.2 Å². The van der Waals surface area contributed by atoms with Gasteiger partial charge in [-0.25, -0.2) is 0 Å². The smallest absolute Gasteiger partial charge is 0.329 e. The van der Waals surface area contributed by atoms with Crippen LogP contribution in [0.4, 0.5) is 13.2 Å². The molecule has 0 bridgehead atoms. The fourth-order valence-electron chi connectivity index (χ4n) is 2.62. The number of alkyl halides is 3. The molecule has 0 spiro atoms. The van der Waals surface area contributed by atoms with Crippen molar-refractivity contribution in [1.82, 2.24) is 14.7 Å². The molecule has 0 saturated heterocycles. The maximum atomic E-state index is 12.7. The maximum absolute atomic E-state index is 12.7.